The van der Waals surface area contributed by atoms with Crippen LogP contribution in [-0.2, 0) is 10.7 Å². The second kappa shape index (κ2) is 10.6. The minimum atomic E-state index is -3.03. The van der Waals surface area contributed by atoms with E-state index in [1.807, 2.05) is 0 Å². The summed E-state index contributed by atoms with van der Waals surface area (Å²) in [6.07, 6.45) is 0. The van der Waals surface area contributed by atoms with Gasteiger partial charge in [0.05, 0.1) is 17.7 Å². The standard InChI is InChI=1S/C24H22F2N4O5/c1-24(25,26)16-8-10-17(11-9-16)27-22(31)21(15-6-4-3-5-7-15)29-23(32)28-19-14-18(30(33)34)12-13-20(19)35-2/h3-14,21H,1-2H3,(H,27,31)(H2,28,29,32). The molecule has 1 atom stereocenters. The van der Waals surface area contributed by atoms with E-state index >= 15 is 0 Å². The Hall–Kier alpha value is -4.54. The number of hydrogen-bond acceptors (Lipinski definition) is 5. The van der Waals surface area contributed by atoms with Gasteiger partial charge in [0, 0.05) is 30.3 Å². The van der Waals surface area contributed by atoms with Gasteiger partial charge in [0.2, 0.25) is 0 Å². The number of carbonyl (C=O) groups excluding carboxylic acids is 2. The lowest BCUT2D eigenvalue weighted by molar-refractivity contribution is -0.384. The van der Waals surface area contributed by atoms with Crippen molar-refractivity contribution < 1.29 is 28.0 Å². The first-order valence-corrected chi connectivity index (χ1v) is 10.3. The molecule has 0 aliphatic heterocycles. The molecule has 0 aromatic heterocycles. The molecule has 0 aliphatic carbocycles. The third kappa shape index (κ3) is 6.50. The van der Waals surface area contributed by atoms with Crippen molar-refractivity contribution in [3.05, 3.63) is 94.0 Å². The number of nitrogens with zero attached hydrogens (tertiary/aromatic N) is 1. The number of hydrogen-bond donors (Lipinski definition) is 3. The van der Waals surface area contributed by atoms with Gasteiger partial charge in [0.25, 0.3) is 17.5 Å². The van der Waals surface area contributed by atoms with Gasteiger partial charge in [-0.1, -0.05) is 42.5 Å². The van der Waals surface area contributed by atoms with Crippen LogP contribution < -0.4 is 20.7 Å². The maximum absolute atomic E-state index is 13.5. The maximum atomic E-state index is 13.5. The van der Waals surface area contributed by atoms with Crippen LogP contribution in [0.4, 0.5) is 30.6 Å². The zero-order valence-corrected chi connectivity index (χ0v) is 18.7. The molecule has 0 fully saturated rings. The van der Waals surface area contributed by atoms with Crippen LogP contribution in [0.15, 0.2) is 72.8 Å². The highest BCUT2D eigenvalue weighted by molar-refractivity contribution is 6.00. The van der Waals surface area contributed by atoms with Gasteiger partial charge in [0.1, 0.15) is 11.8 Å². The molecule has 1 unspecified atom stereocenters. The minimum Gasteiger partial charge on any atom is -0.495 e. The number of rotatable bonds is 8. The largest absolute Gasteiger partial charge is 0.495 e. The number of anilines is 2. The summed E-state index contributed by atoms with van der Waals surface area (Å²) in [5.41, 5.74) is 0.259. The predicted octanol–water partition coefficient (Wildman–Crippen LogP) is 5.22. The van der Waals surface area contributed by atoms with Gasteiger partial charge in [-0.25, -0.2) is 13.6 Å². The Kier molecular flexibility index (Phi) is 7.59. The molecule has 0 saturated heterocycles. The van der Waals surface area contributed by atoms with Crippen LogP contribution >= 0.6 is 0 Å². The summed E-state index contributed by atoms with van der Waals surface area (Å²) in [6, 6.07) is 15.1. The van der Waals surface area contributed by atoms with Gasteiger partial charge >= 0.3 is 6.03 Å². The van der Waals surface area contributed by atoms with E-state index in [0.717, 1.165) is 13.0 Å². The Morgan fingerprint density at radius 2 is 1.66 bits per heavy atom. The first-order valence-electron chi connectivity index (χ1n) is 10.3. The number of ether oxygens (including phenoxy) is 1. The molecule has 182 valence electrons. The Labute approximate surface area is 199 Å². The average Bonchev–Trinajstić information content (AvgIpc) is 2.82. The van der Waals surface area contributed by atoms with Crippen molar-refractivity contribution in [2.24, 2.45) is 0 Å². The van der Waals surface area contributed by atoms with Crippen molar-refractivity contribution in [1.82, 2.24) is 5.32 Å². The Bertz CT molecular complexity index is 1210. The third-order valence-electron chi connectivity index (χ3n) is 4.97. The Morgan fingerprint density at radius 3 is 2.23 bits per heavy atom. The van der Waals surface area contributed by atoms with E-state index in [2.05, 4.69) is 16.0 Å². The second-order valence-corrected chi connectivity index (χ2v) is 7.54. The topological polar surface area (TPSA) is 123 Å². The van der Waals surface area contributed by atoms with Crippen LogP contribution in [0.25, 0.3) is 0 Å². The molecule has 0 aliphatic rings. The number of non-ortho nitro benzene ring substituents is 1. The van der Waals surface area contributed by atoms with Crippen molar-refractivity contribution in [2.45, 2.75) is 18.9 Å². The Morgan fingerprint density at radius 1 is 1.00 bits per heavy atom. The van der Waals surface area contributed by atoms with Gasteiger partial charge in [-0.2, -0.15) is 0 Å². The number of halogens is 2. The van der Waals surface area contributed by atoms with Crippen molar-refractivity contribution in [3.63, 3.8) is 0 Å². The summed E-state index contributed by atoms with van der Waals surface area (Å²) in [5.74, 6) is -3.48. The van der Waals surface area contributed by atoms with E-state index < -0.39 is 28.8 Å². The van der Waals surface area contributed by atoms with Crippen molar-refractivity contribution in [3.8, 4) is 5.75 Å². The summed E-state index contributed by atoms with van der Waals surface area (Å²) >= 11 is 0. The summed E-state index contributed by atoms with van der Waals surface area (Å²) in [6.45, 7) is 0.769. The molecule has 3 aromatic carbocycles. The highest BCUT2D eigenvalue weighted by Gasteiger charge is 2.26. The number of nitro benzene ring substituents is 1. The van der Waals surface area contributed by atoms with Gasteiger partial charge in [-0.05, 0) is 23.8 Å². The zero-order valence-electron chi connectivity index (χ0n) is 18.7. The molecule has 3 amide bonds. The fraction of sp³-hybridized carbons (Fsp3) is 0.167. The number of alkyl halides is 2. The molecule has 0 bridgehead atoms. The molecule has 0 spiro atoms. The van der Waals surface area contributed by atoms with Crippen LogP contribution in [-0.4, -0.2) is 24.0 Å². The normalized spacial score (nSPS) is 11.8. The summed E-state index contributed by atoms with van der Waals surface area (Å²) in [5, 5.41) is 18.7. The lowest BCUT2D eigenvalue weighted by atomic mass is 10.1. The van der Waals surface area contributed by atoms with Crippen molar-refractivity contribution in [2.75, 3.05) is 17.7 Å². The van der Waals surface area contributed by atoms with Gasteiger partial charge in [-0.15, -0.1) is 0 Å². The number of methoxy groups -OCH3 is 1. The average molecular weight is 484 g/mol. The van der Waals surface area contributed by atoms with Crippen LogP contribution in [0.1, 0.15) is 24.1 Å². The molecule has 0 radical (unpaired) electrons. The van der Waals surface area contributed by atoms with Gasteiger partial charge in [-0.3, -0.25) is 14.9 Å². The number of benzene rings is 3. The van der Waals surface area contributed by atoms with Crippen molar-refractivity contribution >= 4 is 29.0 Å². The smallest absolute Gasteiger partial charge is 0.320 e. The van der Waals surface area contributed by atoms with E-state index in [-0.39, 0.29) is 28.4 Å². The fourth-order valence-corrected chi connectivity index (χ4v) is 3.20. The Balaban J connectivity index is 1.81. The number of amides is 3. The zero-order chi connectivity index (χ0) is 25.6. The molecular formula is C24H22F2N4O5. The molecular weight excluding hydrogens is 462 g/mol. The molecule has 9 nitrogen and oxygen atoms in total. The quantitative estimate of drug-likeness (QED) is 0.299. The fourth-order valence-electron chi connectivity index (χ4n) is 3.20. The molecule has 3 N–H and O–H groups in total. The second-order valence-electron chi connectivity index (χ2n) is 7.54. The minimum absolute atomic E-state index is 0.0301. The number of nitrogens with one attached hydrogen (secondary N) is 3. The first kappa shape index (κ1) is 25.1. The lowest BCUT2D eigenvalue weighted by Crippen LogP contribution is -2.39. The van der Waals surface area contributed by atoms with E-state index in [1.54, 1.807) is 30.3 Å². The van der Waals surface area contributed by atoms with E-state index in [1.165, 1.54) is 43.5 Å². The lowest BCUT2D eigenvalue weighted by Gasteiger charge is -2.20. The highest BCUT2D eigenvalue weighted by Crippen LogP contribution is 2.30. The summed E-state index contributed by atoms with van der Waals surface area (Å²) in [7, 11) is 1.34. The van der Waals surface area contributed by atoms with E-state index in [4.69, 9.17) is 4.74 Å². The van der Waals surface area contributed by atoms with E-state index in [0.29, 0.717) is 5.56 Å². The van der Waals surface area contributed by atoms with Crippen LogP contribution in [0.3, 0.4) is 0 Å². The van der Waals surface area contributed by atoms with Crippen LogP contribution in [0, 0.1) is 10.1 Å². The summed E-state index contributed by atoms with van der Waals surface area (Å²) < 4.78 is 32.0. The van der Waals surface area contributed by atoms with Crippen LogP contribution in [0.5, 0.6) is 5.75 Å². The molecule has 3 rings (SSSR count). The molecule has 3 aromatic rings. The summed E-state index contributed by atoms with van der Waals surface area (Å²) in [4.78, 5) is 36.2. The molecule has 0 saturated carbocycles. The number of carbonyl (C=O) groups is 2. The maximum Gasteiger partial charge on any atom is 0.320 e. The number of nitro groups is 1. The molecule has 11 heteroatoms. The van der Waals surface area contributed by atoms with Gasteiger partial charge in [0.15, 0.2) is 0 Å². The third-order valence-corrected chi connectivity index (χ3v) is 4.97. The first-order chi connectivity index (χ1) is 16.6. The predicted molar refractivity (Wildman–Crippen MR) is 126 cm³/mol. The number of urea groups is 1. The van der Waals surface area contributed by atoms with E-state index in [9.17, 15) is 28.5 Å². The van der Waals surface area contributed by atoms with Crippen molar-refractivity contribution in [1.29, 1.82) is 0 Å². The van der Waals surface area contributed by atoms with Crippen LogP contribution in [0.2, 0.25) is 0 Å². The monoisotopic (exact) mass is 484 g/mol. The van der Waals surface area contributed by atoms with Gasteiger partial charge < -0.3 is 20.7 Å². The molecule has 0 heterocycles. The SMILES string of the molecule is COc1ccc([N+](=O)[O-])cc1NC(=O)NC(C(=O)Nc1ccc(C(C)(F)F)cc1)c1ccccc1. The molecule has 35 heavy (non-hydrogen) atoms. The highest BCUT2D eigenvalue weighted by atomic mass is 19.3.